The number of halogens is 3. The summed E-state index contributed by atoms with van der Waals surface area (Å²) < 4.78 is 44.2. The molecule has 0 unspecified atom stereocenters. The minimum Gasteiger partial charge on any atom is -0.406 e. The smallest absolute Gasteiger partial charge is 0.406 e. The van der Waals surface area contributed by atoms with E-state index < -0.39 is 6.36 Å². The second kappa shape index (κ2) is 9.46. The summed E-state index contributed by atoms with van der Waals surface area (Å²) in [4.78, 5) is 16.4. The van der Waals surface area contributed by atoms with Crippen molar-refractivity contribution in [1.82, 2.24) is 29.4 Å². The molecule has 2 saturated heterocycles. The third-order valence-corrected chi connectivity index (χ3v) is 7.46. The number of piperazine rings is 1. The number of piperidine rings is 1. The van der Waals surface area contributed by atoms with E-state index in [0.717, 1.165) is 63.4 Å². The SMILES string of the molecule is CN1CCN(C2CCN(c3cnc4c(-c5ccnc6ccc(OC(F)(F)F)cc56)cnn4c3)CC2)CC1. The largest absolute Gasteiger partial charge is 0.573 e. The number of likely N-dealkylation sites (N-methyl/N-ethyl adjacent to an activating group) is 1. The van der Waals surface area contributed by atoms with Gasteiger partial charge >= 0.3 is 6.36 Å². The van der Waals surface area contributed by atoms with E-state index in [0.29, 0.717) is 28.2 Å². The number of ether oxygens (including phenoxy) is 1. The van der Waals surface area contributed by atoms with Crippen LogP contribution in [-0.4, -0.2) is 88.1 Å². The summed E-state index contributed by atoms with van der Waals surface area (Å²) in [6, 6.07) is 6.52. The minimum absolute atomic E-state index is 0.291. The second-order valence-corrected chi connectivity index (χ2v) is 9.78. The van der Waals surface area contributed by atoms with Crippen LogP contribution in [0.2, 0.25) is 0 Å². The van der Waals surface area contributed by atoms with Gasteiger partial charge in [0.25, 0.3) is 0 Å². The van der Waals surface area contributed by atoms with E-state index >= 15 is 0 Å². The molecule has 2 aliphatic heterocycles. The average Bonchev–Trinajstić information content (AvgIpc) is 3.31. The highest BCUT2D eigenvalue weighted by atomic mass is 19.4. The number of anilines is 1. The van der Waals surface area contributed by atoms with Crippen molar-refractivity contribution in [2.45, 2.75) is 25.2 Å². The first-order valence-electron chi connectivity index (χ1n) is 12.5. The van der Waals surface area contributed by atoms with Gasteiger partial charge in [-0.2, -0.15) is 5.10 Å². The lowest BCUT2D eigenvalue weighted by Crippen LogP contribution is -2.52. The van der Waals surface area contributed by atoms with Crippen molar-refractivity contribution >= 4 is 22.2 Å². The van der Waals surface area contributed by atoms with Crippen LogP contribution in [0.4, 0.5) is 18.9 Å². The minimum atomic E-state index is -4.77. The van der Waals surface area contributed by atoms with Gasteiger partial charge < -0.3 is 14.5 Å². The molecule has 0 radical (unpaired) electrons. The predicted octanol–water partition coefficient (Wildman–Crippen LogP) is 4.06. The molecule has 3 aromatic heterocycles. The zero-order chi connectivity index (χ0) is 25.6. The van der Waals surface area contributed by atoms with Crippen molar-refractivity contribution in [2.75, 3.05) is 51.2 Å². The number of alkyl halides is 3. The van der Waals surface area contributed by atoms with Crippen LogP contribution >= 0.6 is 0 Å². The molecule has 5 heterocycles. The summed E-state index contributed by atoms with van der Waals surface area (Å²) in [5, 5.41) is 5.06. The third kappa shape index (κ3) is 4.93. The maximum absolute atomic E-state index is 12.8. The zero-order valence-electron chi connectivity index (χ0n) is 20.5. The highest BCUT2D eigenvalue weighted by Gasteiger charge is 2.31. The van der Waals surface area contributed by atoms with Crippen molar-refractivity contribution < 1.29 is 17.9 Å². The molecule has 6 rings (SSSR count). The van der Waals surface area contributed by atoms with Crippen LogP contribution in [0.5, 0.6) is 5.75 Å². The maximum atomic E-state index is 12.8. The molecule has 4 aromatic rings. The fourth-order valence-electron chi connectivity index (χ4n) is 5.45. The monoisotopic (exact) mass is 511 g/mol. The van der Waals surface area contributed by atoms with Crippen molar-refractivity contribution in [1.29, 1.82) is 0 Å². The number of hydrogen-bond acceptors (Lipinski definition) is 7. The molecule has 37 heavy (non-hydrogen) atoms. The van der Waals surface area contributed by atoms with Gasteiger partial charge in [0.15, 0.2) is 5.65 Å². The lowest BCUT2D eigenvalue weighted by Gasteiger charge is -2.42. The molecule has 0 bridgehead atoms. The van der Waals surface area contributed by atoms with Gasteiger partial charge in [0, 0.05) is 62.5 Å². The van der Waals surface area contributed by atoms with E-state index in [-0.39, 0.29) is 5.75 Å². The van der Waals surface area contributed by atoms with E-state index in [2.05, 4.69) is 36.6 Å². The number of hydrogen-bond donors (Lipinski definition) is 0. The number of fused-ring (bicyclic) bond motifs is 2. The summed E-state index contributed by atoms with van der Waals surface area (Å²) in [5.41, 5.74) is 3.62. The summed E-state index contributed by atoms with van der Waals surface area (Å²) in [7, 11) is 2.18. The van der Waals surface area contributed by atoms with Gasteiger partial charge in [-0.15, -0.1) is 13.2 Å². The van der Waals surface area contributed by atoms with Gasteiger partial charge in [-0.05, 0) is 49.7 Å². The normalized spacial score (nSPS) is 18.6. The molecular formula is C26H28F3N7O. The molecule has 1 aromatic carbocycles. The van der Waals surface area contributed by atoms with Gasteiger partial charge in [-0.1, -0.05) is 0 Å². The lowest BCUT2D eigenvalue weighted by molar-refractivity contribution is -0.274. The van der Waals surface area contributed by atoms with Gasteiger partial charge in [0.2, 0.25) is 0 Å². The van der Waals surface area contributed by atoms with Gasteiger partial charge in [-0.3, -0.25) is 9.88 Å². The quantitative estimate of drug-likeness (QED) is 0.410. The van der Waals surface area contributed by atoms with Gasteiger partial charge in [0.1, 0.15) is 5.75 Å². The summed E-state index contributed by atoms with van der Waals surface area (Å²) >= 11 is 0. The fraction of sp³-hybridized carbons (Fsp3) is 0.423. The van der Waals surface area contributed by atoms with E-state index in [1.807, 2.05) is 12.4 Å². The number of rotatable bonds is 4. The van der Waals surface area contributed by atoms with Crippen LogP contribution in [0.25, 0.3) is 27.7 Å². The van der Waals surface area contributed by atoms with Crippen LogP contribution in [-0.2, 0) is 0 Å². The van der Waals surface area contributed by atoms with Gasteiger partial charge in [0.05, 0.1) is 29.8 Å². The molecule has 0 saturated carbocycles. The number of benzene rings is 1. The molecule has 0 amide bonds. The number of aromatic nitrogens is 4. The van der Waals surface area contributed by atoms with Crippen LogP contribution in [0.15, 0.2) is 49.1 Å². The Hall–Kier alpha value is -3.44. The Balaban J connectivity index is 1.23. The third-order valence-electron chi connectivity index (χ3n) is 7.46. The molecular weight excluding hydrogens is 483 g/mol. The Morgan fingerprint density at radius 1 is 0.919 bits per heavy atom. The predicted molar refractivity (Wildman–Crippen MR) is 135 cm³/mol. The number of nitrogens with zero attached hydrogens (tertiary/aromatic N) is 7. The number of pyridine rings is 1. The Bertz CT molecular complexity index is 1410. The van der Waals surface area contributed by atoms with Crippen molar-refractivity contribution in [3.63, 3.8) is 0 Å². The van der Waals surface area contributed by atoms with E-state index in [1.54, 1.807) is 23.0 Å². The first-order chi connectivity index (χ1) is 17.8. The first-order valence-corrected chi connectivity index (χ1v) is 12.5. The zero-order valence-corrected chi connectivity index (χ0v) is 20.5. The molecule has 0 spiro atoms. The Morgan fingerprint density at radius 3 is 2.46 bits per heavy atom. The van der Waals surface area contributed by atoms with Crippen molar-refractivity contribution in [3.05, 3.63) is 49.1 Å². The van der Waals surface area contributed by atoms with E-state index in [1.165, 1.54) is 18.2 Å². The van der Waals surface area contributed by atoms with Crippen molar-refractivity contribution in [2.24, 2.45) is 0 Å². The van der Waals surface area contributed by atoms with E-state index in [9.17, 15) is 13.2 Å². The molecule has 11 heteroatoms. The van der Waals surface area contributed by atoms with Crippen LogP contribution in [0.1, 0.15) is 12.8 Å². The highest BCUT2D eigenvalue weighted by molar-refractivity contribution is 5.98. The standard InChI is InChI=1S/C26H28F3N7O/c1-33-10-12-35(13-11-33)18-5-8-34(9-6-18)19-15-31-25-23(16-32-36(25)17-19)21-4-7-30-24-3-2-20(14-22(21)24)37-26(27,28)29/h2-4,7,14-18H,5-6,8-13H2,1H3. The topological polar surface area (TPSA) is 62.0 Å². The van der Waals surface area contributed by atoms with E-state index in [4.69, 9.17) is 4.98 Å². The van der Waals surface area contributed by atoms with Gasteiger partial charge in [-0.25, -0.2) is 9.50 Å². The Labute approximate surface area is 212 Å². The molecule has 194 valence electrons. The Morgan fingerprint density at radius 2 is 1.70 bits per heavy atom. The van der Waals surface area contributed by atoms with Crippen LogP contribution in [0, 0.1) is 0 Å². The maximum Gasteiger partial charge on any atom is 0.573 e. The molecule has 0 atom stereocenters. The molecule has 8 nitrogen and oxygen atoms in total. The van der Waals surface area contributed by atoms with Crippen molar-refractivity contribution in [3.8, 4) is 16.9 Å². The summed E-state index contributed by atoms with van der Waals surface area (Å²) in [6.07, 6.45) is 4.64. The highest BCUT2D eigenvalue weighted by Crippen LogP contribution is 2.34. The molecule has 2 fully saturated rings. The second-order valence-electron chi connectivity index (χ2n) is 9.78. The first kappa shape index (κ1) is 23.9. The summed E-state index contributed by atoms with van der Waals surface area (Å²) in [6.45, 7) is 6.47. The lowest BCUT2D eigenvalue weighted by atomic mass is 10.0. The molecule has 0 aliphatic carbocycles. The molecule has 0 N–H and O–H groups in total. The molecule has 2 aliphatic rings. The van der Waals surface area contributed by atoms with Crippen LogP contribution in [0.3, 0.4) is 0 Å². The average molecular weight is 512 g/mol. The summed E-state index contributed by atoms with van der Waals surface area (Å²) in [5.74, 6) is -0.291. The van der Waals surface area contributed by atoms with Crippen LogP contribution < -0.4 is 9.64 Å². The Kier molecular flexibility index (Phi) is 6.12. The fourth-order valence-corrected chi connectivity index (χ4v) is 5.45.